The monoisotopic (exact) mass is 129 g/mol. The summed E-state index contributed by atoms with van der Waals surface area (Å²) in [7, 11) is -5.39. The molecule has 0 aliphatic rings. The molecule has 6 heavy (non-hydrogen) atoms. The van der Waals surface area contributed by atoms with Crippen LogP contribution in [0.25, 0.3) is 0 Å². The summed E-state index contributed by atoms with van der Waals surface area (Å²) in [5.74, 6) is 0. The van der Waals surface area contributed by atoms with Gasteiger partial charge >= 0.3 is 0 Å². The van der Waals surface area contributed by atoms with Crippen LogP contribution >= 0.6 is 21.3 Å². The molecule has 0 atom stereocenters. The van der Waals surface area contributed by atoms with Gasteiger partial charge in [-0.25, -0.2) is 0 Å². The average Bonchev–Trinajstić information content (AvgIpc) is 0.722. The van der Waals surface area contributed by atoms with Gasteiger partial charge in [0.1, 0.15) is 0 Å². The molecule has 0 N–H and O–H groups in total. The third-order valence-electron chi connectivity index (χ3n) is 0. The molecule has 0 aromatic heterocycles. The molecular weight excluding hydrogens is 127 g/mol. The number of hydrogen-bond acceptors (Lipinski definition) is 4. The van der Waals surface area contributed by atoms with E-state index in [-0.39, 0.29) is 13.5 Å². The molecule has 0 aliphatic heterocycles. The molecule has 0 heterocycles. The van der Waals surface area contributed by atoms with Crippen molar-refractivity contribution in [3.8, 4) is 0 Å². The molecule has 0 aliphatic carbocycles. The minimum atomic E-state index is -5.39. The molecule has 0 spiro atoms. The molecule has 0 saturated carbocycles. The van der Waals surface area contributed by atoms with Gasteiger partial charge in [0.15, 0.2) is 0 Å². The average molecular weight is 129 g/mol. The Morgan fingerprint density at radius 3 is 1.17 bits per heavy atom. The normalized spacial score (nSPS) is 9.83. The lowest BCUT2D eigenvalue weighted by molar-refractivity contribution is -0.432. The van der Waals surface area contributed by atoms with E-state index in [2.05, 4.69) is 0 Å². The molecule has 0 amide bonds. The van der Waals surface area contributed by atoms with Crippen LogP contribution in [0.3, 0.4) is 0 Å². The molecule has 0 fully saturated rings. The Morgan fingerprint density at radius 2 is 1.17 bits per heavy atom. The highest BCUT2D eigenvalue weighted by atomic mass is 32.1. The first-order valence-corrected chi connectivity index (χ1v) is 2.19. The highest BCUT2D eigenvalue weighted by Gasteiger charge is 1.44. The van der Waals surface area contributed by atoms with Gasteiger partial charge in [-0.05, 0) is 0 Å². The highest BCUT2D eigenvalue weighted by molar-refractivity contribution is 7.59. The van der Waals surface area contributed by atoms with Crippen molar-refractivity contribution in [3.05, 3.63) is 0 Å². The van der Waals surface area contributed by atoms with Crippen molar-refractivity contribution in [1.82, 2.24) is 0 Å². The van der Waals surface area contributed by atoms with Gasteiger partial charge < -0.3 is 19.2 Å². The topological polar surface area (TPSA) is 86.2 Å². The van der Waals surface area contributed by atoms with E-state index < -0.39 is 7.82 Å². The van der Waals surface area contributed by atoms with E-state index in [4.69, 9.17) is 19.2 Å². The van der Waals surface area contributed by atoms with Crippen LogP contribution in [0, 0.1) is 0 Å². The molecular formula is H2O4PS-3. The summed E-state index contributed by atoms with van der Waals surface area (Å²) in [6.45, 7) is 0. The van der Waals surface area contributed by atoms with Crippen molar-refractivity contribution in [2.45, 2.75) is 0 Å². The van der Waals surface area contributed by atoms with Gasteiger partial charge in [-0.3, -0.25) is 0 Å². The summed E-state index contributed by atoms with van der Waals surface area (Å²) in [4.78, 5) is 25.6. The summed E-state index contributed by atoms with van der Waals surface area (Å²) < 4.78 is 8.55. The summed E-state index contributed by atoms with van der Waals surface area (Å²) in [6, 6.07) is 0. The largest absolute Gasteiger partial charge is 0.822 e. The van der Waals surface area contributed by atoms with E-state index in [0.29, 0.717) is 0 Å². The molecule has 4 nitrogen and oxygen atoms in total. The highest BCUT2D eigenvalue weighted by Crippen LogP contribution is 2.03. The van der Waals surface area contributed by atoms with Gasteiger partial charge in [0.05, 0.1) is 0 Å². The van der Waals surface area contributed by atoms with Gasteiger partial charge in [0, 0.05) is 0 Å². The predicted molar refractivity (Wildman–Crippen MR) is 18.0 cm³/mol. The molecule has 0 bridgehead atoms. The molecule has 0 aromatic carbocycles. The van der Waals surface area contributed by atoms with Crippen LogP contribution in [0.15, 0.2) is 0 Å². The minimum absolute atomic E-state index is 0. The zero-order valence-corrected chi connectivity index (χ0v) is 4.47. The SMILES string of the molecule is O=P([O-])([O-])[O-].S. The van der Waals surface area contributed by atoms with Crippen LogP contribution in [0.1, 0.15) is 0 Å². The van der Waals surface area contributed by atoms with Crippen molar-refractivity contribution >= 4 is 21.3 Å². The van der Waals surface area contributed by atoms with E-state index in [1.807, 2.05) is 0 Å². The standard InChI is InChI=1S/H3O4P.H2S/c1-5(2,3)4;/h(H3,1,2,3,4);1H2/p-3. The Kier molecular flexibility index (Phi) is 4.20. The molecule has 0 radical (unpaired) electrons. The van der Waals surface area contributed by atoms with E-state index in [9.17, 15) is 0 Å². The van der Waals surface area contributed by atoms with Crippen LogP contribution in [-0.2, 0) is 4.57 Å². The second kappa shape index (κ2) is 2.60. The summed E-state index contributed by atoms with van der Waals surface area (Å²) >= 11 is 0. The Morgan fingerprint density at radius 1 is 1.17 bits per heavy atom. The summed E-state index contributed by atoms with van der Waals surface area (Å²) in [6.07, 6.45) is 0. The number of phosphoric acid groups is 1. The fraction of sp³-hybridized carbons (Fsp3) is 0. The molecule has 0 unspecified atom stereocenters. The first-order chi connectivity index (χ1) is 2.00. The Balaban J connectivity index is 0. The van der Waals surface area contributed by atoms with E-state index in [1.165, 1.54) is 0 Å². The van der Waals surface area contributed by atoms with Crippen molar-refractivity contribution in [1.29, 1.82) is 0 Å². The Hall–Kier alpha value is 0.460. The fourth-order valence-electron chi connectivity index (χ4n) is 0. The van der Waals surface area contributed by atoms with Crippen molar-refractivity contribution in [3.63, 3.8) is 0 Å². The van der Waals surface area contributed by atoms with Crippen molar-refractivity contribution in [2.24, 2.45) is 0 Å². The maximum Gasteiger partial charge on any atom is -0.159 e. The molecule has 0 rings (SSSR count). The molecule has 40 valence electrons. The second-order valence-electron chi connectivity index (χ2n) is 0.447. The molecule has 0 saturated heterocycles. The van der Waals surface area contributed by atoms with E-state index >= 15 is 0 Å². The maximum atomic E-state index is 8.55. The smallest absolute Gasteiger partial charge is 0.159 e. The van der Waals surface area contributed by atoms with Gasteiger partial charge in [0.25, 0.3) is 0 Å². The molecule has 6 heteroatoms. The van der Waals surface area contributed by atoms with Gasteiger partial charge in [0.2, 0.25) is 0 Å². The predicted octanol–water partition coefficient (Wildman–Crippen LogP) is -2.71. The van der Waals surface area contributed by atoms with Crippen molar-refractivity contribution in [2.75, 3.05) is 0 Å². The first kappa shape index (κ1) is 9.68. The van der Waals surface area contributed by atoms with Crippen LogP contribution in [0.2, 0.25) is 0 Å². The van der Waals surface area contributed by atoms with E-state index in [1.54, 1.807) is 0 Å². The third-order valence-corrected chi connectivity index (χ3v) is 0. The third kappa shape index (κ3) is 252. The lowest BCUT2D eigenvalue weighted by atomic mass is 15.8. The Bertz CT molecular complexity index is 53.7. The van der Waals surface area contributed by atoms with Crippen LogP contribution in [0.5, 0.6) is 0 Å². The van der Waals surface area contributed by atoms with Gasteiger partial charge in [-0.2, -0.15) is 21.3 Å². The fourth-order valence-corrected chi connectivity index (χ4v) is 0. The summed E-state index contributed by atoms with van der Waals surface area (Å²) in [5.41, 5.74) is 0. The molecule has 0 aromatic rings. The lowest BCUT2D eigenvalue weighted by Crippen LogP contribution is -2.24. The Labute approximate surface area is 41.5 Å². The zero-order valence-electron chi connectivity index (χ0n) is 2.58. The van der Waals surface area contributed by atoms with Crippen LogP contribution in [0.4, 0.5) is 0 Å². The summed E-state index contributed by atoms with van der Waals surface area (Å²) in [5, 5.41) is 0. The number of hydrogen-bond donors (Lipinski definition) is 0. The number of rotatable bonds is 0. The van der Waals surface area contributed by atoms with Gasteiger partial charge in [-0.15, -0.1) is 0 Å². The minimum Gasteiger partial charge on any atom is -0.822 e. The van der Waals surface area contributed by atoms with E-state index in [0.717, 1.165) is 0 Å². The lowest BCUT2D eigenvalue weighted by Gasteiger charge is -2.36. The van der Waals surface area contributed by atoms with Crippen LogP contribution in [-0.4, -0.2) is 0 Å². The van der Waals surface area contributed by atoms with Crippen molar-refractivity contribution < 1.29 is 19.2 Å². The second-order valence-corrected chi connectivity index (χ2v) is 1.34. The van der Waals surface area contributed by atoms with Crippen LogP contribution < -0.4 is 14.7 Å². The zero-order chi connectivity index (χ0) is 4.50. The quantitative estimate of drug-likeness (QED) is 0.333. The van der Waals surface area contributed by atoms with Gasteiger partial charge in [-0.1, -0.05) is 0 Å². The maximum absolute atomic E-state index is 8.55. The first-order valence-electron chi connectivity index (χ1n) is 0.730.